The molecule has 11 heteroatoms. The fraction of sp³-hybridized carbons (Fsp3) is 0.417. The van der Waals surface area contributed by atoms with Crippen LogP contribution in [-0.2, 0) is 30.3 Å². The van der Waals surface area contributed by atoms with E-state index < -0.39 is 53.3 Å². The fourth-order valence-corrected chi connectivity index (χ4v) is 5.70. The minimum absolute atomic E-state index is 0.139. The largest absolute Gasteiger partial charge is 0.480 e. The van der Waals surface area contributed by atoms with Gasteiger partial charge in [-0.1, -0.05) is 67.6 Å². The average molecular weight is 645 g/mol. The molecule has 0 spiro atoms. The number of amides is 3. The molecule has 0 aliphatic carbocycles. The molecule has 3 aromatic carbocycles. The third kappa shape index (κ3) is 9.16. The first-order valence-electron chi connectivity index (χ1n) is 16.1. The second kappa shape index (κ2) is 16.2. The van der Waals surface area contributed by atoms with E-state index in [9.17, 15) is 29.1 Å². The number of nitrogens with two attached hydrogens (primary N) is 1. The second-order valence-corrected chi connectivity index (χ2v) is 12.2. The van der Waals surface area contributed by atoms with Crippen molar-refractivity contribution >= 4 is 40.4 Å². The van der Waals surface area contributed by atoms with E-state index in [1.165, 1.54) is 4.90 Å². The molecule has 0 saturated carbocycles. The lowest BCUT2D eigenvalue weighted by Crippen LogP contribution is -2.63. The predicted molar refractivity (Wildman–Crippen MR) is 177 cm³/mol. The minimum atomic E-state index is -1.39. The zero-order chi connectivity index (χ0) is 34.0. The van der Waals surface area contributed by atoms with Gasteiger partial charge in [-0.25, -0.2) is 9.59 Å². The summed E-state index contributed by atoms with van der Waals surface area (Å²) in [5.74, 6) is -3.07. The SMILES string of the molecule is CC[C@](C)(NC(=O)[C@@H](N)CCCCOC(=O)c1ccccc1)C(=O)N[C@@H](Cc1ccc2ccccc2c1)C(=O)N1CCC[C@@H]1C(=O)O. The Kier molecular flexibility index (Phi) is 12.1. The first kappa shape index (κ1) is 35.1. The number of nitrogens with one attached hydrogen (secondary N) is 2. The number of fused-ring (bicyclic) bond motifs is 1. The van der Waals surface area contributed by atoms with Gasteiger partial charge in [-0.2, -0.15) is 0 Å². The van der Waals surface area contributed by atoms with Gasteiger partial charge in [0.05, 0.1) is 18.2 Å². The Bertz CT molecular complexity index is 1580. The molecule has 11 nitrogen and oxygen atoms in total. The monoisotopic (exact) mass is 644 g/mol. The van der Waals surface area contributed by atoms with Gasteiger partial charge in [-0.3, -0.25) is 14.4 Å². The average Bonchev–Trinajstić information content (AvgIpc) is 3.58. The Morgan fingerprint density at radius 3 is 2.40 bits per heavy atom. The van der Waals surface area contributed by atoms with Crippen LogP contribution in [0.25, 0.3) is 10.8 Å². The molecule has 4 atom stereocenters. The van der Waals surface area contributed by atoms with Crippen molar-refractivity contribution < 1.29 is 33.8 Å². The normalized spacial score (nSPS) is 16.9. The van der Waals surface area contributed by atoms with Gasteiger partial charge in [0.15, 0.2) is 0 Å². The summed E-state index contributed by atoms with van der Waals surface area (Å²) in [5, 5.41) is 17.3. The topological polar surface area (TPSA) is 168 Å². The quantitative estimate of drug-likeness (QED) is 0.144. The highest BCUT2D eigenvalue weighted by molar-refractivity contribution is 5.96. The van der Waals surface area contributed by atoms with Crippen LogP contribution in [0, 0.1) is 0 Å². The summed E-state index contributed by atoms with van der Waals surface area (Å²) < 4.78 is 5.28. The number of carbonyl (C=O) groups excluding carboxylic acids is 4. The first-order chi connectivity index (χ1) is 22.5. The van der Waals surface area contributed by atoms with E-state index in [2.05, 4.69) is 10.6 Å². The van der Waals surface area contributed by atoms with Crippen LogP contribution in [0.4, 0.5) is 0 Å². The zero-order valence-corrected chi connectivity index (χ0v) is 26.9. The van der Waals surface area contributed by atoms with Gasteiger partial charge in [-0.15, -0.1) is 0 Å². The van der Waals surface area contributed by atoms with Gasteiger partial charge in [0.2, 0.25) is 17.7 Å². The van der Waals surface area contributed by atoms with E-state index in [4.69, 9.17) is 10.5 Å². The van der Waals surface area contributed by atoms with E-state index in [0.29, 0.717) is 37.7 Å². The van der Waals surface area contributed by atoms with Crippen molar-refractivity contribution in [1.29, 1.82) is 0 Å². The maximum Gasteiger partial charge on any atom is 0.338 e. The number of unbranched alkanes of at least 4 members (excludes halogenated alkanes) is 1. The summed E-state index contributed by atoms with van der Waals surface area (Å²) in [7, 11) is 0. The molecule has 0 aromatic heterocycles. The number of carbonyl (C=O) groups is 5. The summed E-state index contributed by atoms with van der Waals surface area (Å²) in [6.45, 7) is 3.78. The highest BCUT2D eigenvalue weighted by Crippen LogP contribution is 2.22. The molecule has 5 N–H and O–H groups in total. The molecule has 3 aromatic rings. The van der Waals surface area contributed by atoms with Gasteiger partial charge in [-0.05, 0) is 73.9 Å². The molecule has 4 rings (SSSR count). The summed E-state index contributed by atoms with van der Waals surface area (Å²) in [5.41, 5.74) is 6.04. The fourth-order valence-electron chi connectivity index (χ4n) is 5.70. The van der Waals surface area contributed by atoms with Crippen LogP contribution in [0.1, 0.15) is 68.3 Å². The van der Waals surface area contributed by atoms with Crippen molar-refractivity contribution in [3.05, 3.63) is 83.9 Å². The van der Waals surface area contributed by atoms with Crippen LogP contribution in [0.15, 0.2) is 72.8 Å². The Hall–Kier alpha value is -4.77. The Balaban J connectivity index is 1.38. The summed E-state index contributed by atoms with van der Waals surface area (Å²) in [6, 6.07) is 19.3. The number of benzene rings is 3. The molecule has 0 unspecified atom stereocenters. The molecular weight excluding hydrogens is 600 g/mol. The second-order valence-electron chi connectivity index (χ2n) is 12.2. The van der Waals surface area contributed by atoms with Crippen molar-refractivity contribution in [3.63, 3.8) is 0 Å². The third-order valence-electron chi connectivity index (χ3n) is 8.77. The number of esters is 1. The Morgan fingerprint density at radius 1 is 1.00 bits per heavy atom. The van der Waals surface area contributed by atoms with Crippen molar-refractivity contribution in [2.45, 2.75) is 82.5 Å². The summed E-state index contributed by atoms with van der Waals surface area (Å²) in [6.07, 6.45) is 2.59. The van der Waals surface area contributed by atoms with Crippen LogP contribution in [0.5, 0.6) is 0 Å². The highest BCUT2D eigenvalue weighted by atomic mass is 16.5. The number of carboxylic acid groups (broad SMARTS) is 1. The van der Waals surface area contributed by atoms with Crippen LogP contribution in [0.3, 0.4) is 0 Å². The Morgan fingerprint density at radius 2 is 1.70 bits per heavy atom. The van der Waals surface area contributed by atoms with Crippen molar-refractivity contribution in [1.82, 2.24) is 15.5 Å². The van der Waals surface area contributed by atoms with Gasteiger partial charge < -0.3 is 31.1 Å². The number of aliphatic carboxylic acids is 1. The molecule has 1 saturated heterocycles. The van der Waals surface area contributed by atoms with Crippen molar-refractivity contribution in [2.24, 2.45) is 5.73 Å². The predicted octanol–water partition coefficient (Wildman–Crippen LogP) is 3.58. The molecule has 0 radical (unpaired) electrons. The molecule has 250 valence electrons. The highest BCUT2D eigenvalue weighted by Gasteiger charge is 2.41. The Labute approximate surface area is 274 Å². The van der Waals surface area contributed by atoms with Crippen LogP contribution in [-0.4, -0.2) is 76.5 Å². The summed E-state index contributed by atoms with van der Waals surface area (Å²) in [4.78, 5) is 66.0. The van der Waals surface area contributed by atoms with Crippen molar-refractivity contribution in [2.75, 3.05) is 13.2 Å². The number of ether oxygens (including phenoxy) is 1. The molecule has 0 bridgehead atoms. The standard InChI is InChI=1S/C36H44N4O7/c1-3-36(2,39-31(41)28(37)16-9-10-21-47-34(45)26-13-5-4-6-14-26)35(46)38-29(32(42)40-20-11-17-30(40)33(43)44)23-24-18-19-25-12-7-8-15-27(25)22-24/h4-8,12-15,18-19,22,28-30H,3,9-11,16-17,20-21,23,37H2,1-2H3,(H,38,46)(H,39,41)(H,43,44)/t28-,29-,30+,36-/m0/s1. The van der Waals surface area contributed by atoms with Crippen LogP contribution < -0.4 is 16.4 Å². The van der Waals surface area contributed by atoms with Gasteiger partial charge in [0, 0.05) is 13.0 Å². The van der Waals surface area contributed by atoms with Crippen LogP contribution >= 0.6 is 0 Å². The molecule has 1 heterocycles. The summed E-state index contributed by atoms with van der Waals surface area (Å²) >= 11 is 0. The molecule has 47 heavy (non-hydrogen) atoms. The number of nitrogens with zero attached hydrogens (tertiary/aromatic N) is 1. The number of hydrogen-bond donors (Lipinski definition) is 4. The first-order valence-corrected chi connectivity index (χ1v) is 16.1. The van der Waals surface area contributed by atoms with E-state index in [1.807, 2.05) is 48.5 Å². The number of hydrogen-bond acceptors (Lipinski definition) is 7. The van der Waals surface area contributed by atoms with Crippen molar-refractivity contribution in [3.8, 4) is 0 Å². The molecule has 3 amide bonds. The van der Waals surface area contributed by atoms with E-state index in [-0.39, 0.29) is 26.0 Å². The lowest BCUT2D eigenvalue weighted by atomic mass is 9.94. The van der Waals surface area contributed by atoms with E-state index in [0.717, 1.165) is 16.3 Å². The smallest absolute Gasteiger partial charge is 0.338 e. The number of carboxylic acids is 1. The lowest BCUT2D eigenvalue weighted by molar-refractivity contribution is -0.149. The van der Waals surface area contributed by atoms with E-state index in [1.54, 1.807) is 38.1 Å². The maximum absolute atomic E-state index is 13.8. The van der Waals surface area contributed by atoms with Gasteiger partial charge in [0.1, 0.15) is 17.6 Å². The third-order valence-corrected chi connectivity index (χ3v) is 8.77. The molecular formula is C36H44N4O7. The number of rotatable bonds is 15. The lowest BCUT2D eigenvalue weighted by Gasteiger charge is -2.33. The maximum atomic E-state index is 13.8. The zero-order valence-electron chi connectivity index (χ0n) is 26.9. The molecule has 1 aliphatic rings. The van der Waals surface area contributed by atoms with E-state index >= 15 is 0 Å². The number of likely N-dealkylation sites (tertiary alicyclic amines) is 1. The molecule has 1 fully saturated rings. The molecule has 1 aliphatic heterocycles. The van der Waals surface area contributed by atoms with Crippen LogP contribution in [0.2, 0.25) is 0 Å². The van der Waals surface area contributed by atoms with Gasteiger partial charge >= 0.3 is 11.9 Å². The minimum Gasteiger partial charge on any atom is -0.480 e. The van der Waals surface area contributed by atoms with Gasteiger partial charge in [0.25, 0.3) is 0 Å².